The molecule has 1 amide bonds. The number of nitrogens with one attached hydrogen (secondary N) is 1. The number of piperazine rings is 1. The highest BCUT2D eigenvalue weighted by atomic mass is 16.5. The summed E-state index contributed by atoms with van der Waals surface area (Å²) < 4.78 is 5.15. The molecule has 1 heterocycles. The van der Waals surface area contributed by atoms with Gasteiger partial charge in [-0.2, -0.15) is 0 Å². The number of hydrogen-bond donors (Lipinski definition) is 1. The standard InChI is InChI=1S/C18H29N3O2/c1-16-14-20(10-11-21(16)12-13-23-2)15-18(22)19-9-8-17-6-4-3-5-7-17/h3-7,16H,8-15H2,1-2H3,(H,19,22)/t16-/m1/s1. The molecule has 1 aromatic carbocycles. The third-order valence-corrected chi connectivity index (χ3v) is 4.38. The molecule has 128 valence electrons. The molecule has 23 heavy (non-hydrogen) atoms. The Morgan fingerprint density at radius 3 is 2.78 bits per heavy atom. The molecule has 1 fully saturated rings. The molecule has 0 unspecified atom stereocenters. The fourth-order valence-corrected chi connectivity index (χ4v) is 3.00. The van der Waals surface area contributed by atoms with Crippen LogP contribution >= 0.6 is 0 Å². The number of ether oxygens (including phenoxy) is 1. The van der Waals surface area contributed by atoms with E-state index in [1.54, 1.807) is 7.11 Å². The van der Waals surface area contributed by atoms with Gasteiger partial charge in [-0.25, -0.2) is 0 Å². The van der Waals surface area contributed by atoms with Gasteiger partial charge in [0.2, 0.25) is 5.91 Å². The van der Waals surface area contributed by atoms with Crippen molar-refractivity contribution in [2.75, 3.05) is 53.0 Å². The Labute approximate surface area is 139 Å². The van der Waals surface area contributed by atoms with Gasteiger partial charge in [-0.05, 0) is 18.9 Å². The lowest BCUT2D eigenvalue weighted by atomic mass is 10.1. The first-order valence-electron chi connectivity index (χ1n) is 8.45. The van der Waals surface area contributed by atoms with Gasteiger partial charge in [0.15, 0.2) is 0 Å². The van der Waals surface area contributed by atoms with E-state index in [-0.39, 0.29) is 5.91 Å². The maximum Gasteiger partial charge on any atom is 0.234 e. The van der Waals surface area contributed by atoms with Crippen molar-refractivity contribution in [2.24, 2.45) is 0 Å². The fraction of sp³-hybridized carbons (Fsp3) is 0.611. The van der Waals surface area contributed by atoms with Gasteiger partial charge in [-0.15, -0.1) is 0 Å². The van der Waals surface area contributed by atoms with E-state index < -0.39 is 0 Å². The quantitative estimate of drug-likeness (QED) is 0.776. The first-order chi connectivity index (χ1) is 11.2. The monoisotopic (exact) mass is 319 g/mol. The molecule has 0 spiro atoms. The van der Waals surface area contributed by atoms with Gasteiger partial charge in [-0.1, -0.05) is 30.3 Å². The van der Waals surface area contributed by atoms with Crippen molar-refractivity contribution in [1.29, 1.82) is 0 Å². The van der Waals surface area contributed by atoms with Gasteiger partial charge < -0.3 is 10.1 Å². The van der Waals surface area contributed by atoms with Crippen molar-refractivity contribution >= 4 is 5.91 Å². The summed E-state index contributed by atoms with van der Waals surface area (Å²) in [5, 5.41) is 3.02. The summed E-state index contributed by atoms with van der Waals surface area (Å²) in [5.41, 5.74) is 1.26. The normalized spacial score (nSPS) is 19.7. The summed E-state index contributed by atoms with van der Waals surface area (Å²) in [7, 11) is 1.74. The van der Waals surface area contributed by atoms with E-state index in [9.17, 15) is 4.79 Å². The SMILES string of the molecule is COCCN1CCN(CC(=O)NCCc2ccccc2)C[C@H]1C. The fourth-order valence-electron chi connectivity index (χ4n) is 3.00. The van der Waals surface area contributed by atoms with Crippen LogP contribution in [-0.2, 0) is 16.0 Å². The maximum absolute atomic E-state index is 12.1. The zero-order valence-corrected chi connectivity index (χ0v) is 14.3. The molecule has 1 aliphatic heterocycles. The summed E-state index contributed by atoms with van der Waals surface area (Å²) in [6.45, 7) is 8.04. The van der Waals surface area contributed by atoms with Crippen LogP contribution in [0.4, 0.5) is 0 Å². The number of hydrogen-bond acceptors (Lipinski definition) is 4. The van der Waals surface area contributed by atoms with E-state index in [0.29, 0.717) is 19.1 Å². The number of carbonyl (C=O) groups excluding carboxylic acids is 1. The second-order valence-corrected chi connectivity index (χ2v) is 6.20. The van der Waals surface area contributed by atoms with Crippen LogP contribution in [0.15, 0.2) is 30.3 Å². The number of carbonyl (C=O) groups is 1. The first kappa shape index (κ1) is 17.9. The summed E-state index contributed by atoms with van der Waals surface area (Å²) in [4.78, 5) is 16.7. The predicted molar refractivity (Wildman–Crippen MR) is 92.5 cm³/mol. The molecule has 1 aromatic rings. The molecule has 0 bridgehead atoms. The van der Waals surface area contributed by atoms with E-state index in [1.807, 2.05) is 18.2 Å². The number of rotatable bonds is 8. The predicted octanol–water partition coefficient (Wildman–Crippen LogP) is 0.998. The minimum atomic E-state index is 0.124. The topological polar surface area (TPSA) is 44.8 Å². The Balaban J connectivity index is 1.64. The van der Waals surface area contributed by atoms with Gasteiger partial charge in [0, 0.05) is 45.9 Å². The van der Waals surface area contributed by atoms with Gasteiger partial charge >= 0.3 is 0 Å². The lowest BCUT2D eigenvalue weighted by molar-refractivity contribution is -0.122. The van der Waals surface area contributed by atoms with Crippen LogP contribution in [-0.4, -0.2) is 74.7 Å². The maximum atomic E-state index is 12.1. The lowest BCUT2D eigenvalue weighted by Crippen LogP contribution is -2.54. The van der Waals surface area contributed by atoms with Crippen molar-refractivity contribution in [2.45, 2.75) is 19.4 Å². The third-order valence-electron chi connectivity index (χ3n) is 4.38. The Hall–Kier alpha value is -1.43. The molecule has 0 radical (unpaired) electrons. The minimum Gasteiger partial charge on any atom is -0.383 e. The van der Waals surface area contributed by atoms with Crippen molar-refractivity contribution in [1.82, 2.24) is 15.1 Å². The average molecular weight is 319 g/mol. The smallest absolute Gasteiger partial charge is 0.234 e. The van der Waals surface area contributed by atoms with E-state index >= 15 is 0 Å². The lowest BCUT2D eigenvalue weighted by Gasteiger charge is -2.39. The van der Waals surface area contributed by atoms with Crippen molar-refractivity contribution in [3.05, 3.63) is 35.9 Å². The molecular formula is C18H29N3O2. The molecular weight excluding hydrogens is 290 g/mol. The largest absolute Gasteiger partial charge is 0.383 e. The van der Waals surface area contributed by atoms with Crippen molar-refractivity contribution in [3.63, 3.8) is 0 Å². The second kappa shape index (κ2) is 9.65. The molecule has 1 saturated heterocycles. The van der Waals surface area contributed by atoms with Crippen LogP contribution in [0.3, 0.4) is 0 Å². The first-order valence-corrected chi connectivity index (χ1v) is 8.45. The molecule has 5 nitrogen and oxygen atoms in total. The zero-order chi connectivity index (χ0) is 16.5. The summed E-state index contributed by atoms with van der Waals surface area (Å²) in [5.74, 6) is 0.124. The molecule has 5 heteroatoms. The Kier molecular flexibility index (Phi) is 7.52. The van der Waals surface area contributed by atoms with Gasteiger partial charge in [-0.3, -0.25) is 14.6 Å². The van der Waals surface area contributed by atoms with E-state index in [4.69, 9.17) is 4.74 Å². The van der Waals surface area contributed by atoms with Crippen LogP contribution in [0.25, 0.3) is 0 Å². The average Bonchev–Trinajstić information content (AvgIpc) is 2.55. The van der Waals surface area contributed by atoms with Crippen molar-refractivity contribution in [3.8, 4) is 0 Å². The number of methoxy groups -OCH3 is 1. The van der Waals surface area contributed by atoms with E-state index in [0.717, 1.165) is 39.2 Å². The van der Waals surface area contributed by atoms with Crippen LogP contribution in [0.5, 0.6) is 0 Å². The van der Waals surface area contributed by atoms with E-state index in [1.165, 1.54) is 5.56 Å². The molecule has 1 aliphatic rings. The highest BCUT2D eigenvalue weighted by Crippen LogP contribution is 2.08. The molecule has 2 rings (SSSR count). The molecule has 1 atom stereocenters. The summed E-state index contributed by atoms with van der Waals surface area (Å²) in [6.07, 6.45) is 0.883. The van der Waals surface area contributed by atoms with E-state index in [2.05, 4.69) is 34.2 Å². The number of nitrogens with zero attached hydrogens (tertiary/aromatic N) is 2. The molecule has 0 aliphatic carbocycles. The highest BCUT2D eigenvalue weighted by molar-refractivity contribution is 5.78. The minimum absolute atomic E-state index is 0.124. The Bertz CT molecular complexity index is 467. The molecule has 0 saturated carbocycles. The van der Waals surface area contributed by atoms with Crippen LogP contribution in [0.1, 0.15) is 12.5 Å². The van der Waals surface area contributed by atoms with Gasteiger partial charge in [0.1, 0.15) is 0 Å². The van der Waals surface area contributed by atoms with Crippen molar-refractivity contribution < 1.29 is 9.53 Å². The Morgan fingerprint density at radius 2 is 2.09 bits per heavy atom. The van der Waals surface area contributed by atoms with Crippen LogP contribution in [0.2, 0.25) is 0 Å². The zero-order valence-electron chi connectivity index (χ0n) is 14.3. The third kappa shape index (κ3) is 6.29. The summed E-state index contributed by atoms with van der Waals surface area (Å²) >= 11 is 0. The van der Waals surface area contributed by atoms with Crippen LogP contribution in [0, 0.1) is 0 Å². The van der Waals surface area contributed by atoms with Crippen LogP contribution < -0.4 is 5.32 Å². The summed E-state index contributed by atoms with van der Waals surface area (Å²) in [6, 6.07) is 10.7. The molecule has 0 aromatic heterocycles. The number of benzene rings is 1. The Morgan fingerprint density at radius 1 is 1.30 bits per heavy atom. The second-order valence-electron chi connectivity index (χ2n) is 6.20. The highest BCUT2D eigenvalue weighted by Gasteiger charge is 2.24. The van der Waals surface area contributed by atoms with Gasteiger partial charge in [0.05, 0.1) is 13.2 Å². The van der Waals surface area contributed by atoms with Gasteiger partial charge in [0.25, 0.3) is 0 Å². The number of amides is 1. The molecule has 1 N–H and O–H groups in total.